The van der Waals surface area contributed by atoms with E-state index < -0.39 is 5.97 Å². The van der Waals surface area contributed by atoms with Crippen molar-refractivity contribution in [1.29, 1.82) is 0 Å². The van der Waals surface area contributed by atoms with Gasteiger partial charge in [0.2, 0.25) is 5.88 Å². The van der Waals surface area contributed by atoms with E-state index >= 15 is 0 Å². The van der Waals surface area contributed by atoms with Gasteiger partial charge in [-0.1, -0.05) is 20.8 Å². The van der Waals surface area contributed by atoms with Gasteiger partial charge in [-0.05, 0) is 17.9 Å². The third kappa shape index (κ3) is 4.01. The number of rotatable bonds is 5. The van der Waals surface area contributed by atoms with Crippen molar-refractivity contribution < 1.29 is 14.3 Å². The fraction of sp³-hybridized carbons (Fsp3) is 0.583. The summed E-state index contributed by atoms with van der Waals surface area (Å²) < 4.78 is 10.0. The zero-order valence-electron chi connectivity index (χ0n) is 10.7. The molecule has 5 heteroatoms. The SMILES string of the molecule is CCC(C)(C)COC(=O)c1ccc(OC)nn1. The van der Waals surface area contributed by atoms with E-state index in [0.717, 1.165) is 6.42 Å². The Hall–Kier alpha value is -1.65. The summed E-state index contributed by atoms with van der Waals surface area (Å²) in [5, 5.41) is 7.44. The molecular formula is C12H18N2O3. The Morgan fingerprint density at radius 3 is 2.53 bits per heavy atom. The van der Waals surface area contributed by atoms with Gasteiger partial charge in [-0.3, -0.25) is 0 Å². The monoisotopic (exact) mass is 238 g/mol. The molecule has 1 rings (SSSR count). The predicted molar refractivity (Wildman–Crippen MR) is 62.9 cm³/mol. The highest BCUT2D eigenvalue weighted by molar-refractivity contribution is 5.86. The van der Waals surface area contributed by atoms with Gasteiger partial charge >= 0.3 is 5.97 Å². The Morgan fingerprint density at radius 1 is 1.35 bits per heavy atom. The van der Waals surface area contributed by atoms with Gasteiger partial charge in [-0.15, -0.1) is 10.2 Å². The van der Waals surface area contributed by atoms with E-state index in [1.165, 1.54) is 13.2 Å². The lowest BCUT2D eigenvalue weighted by Gasteiger charge is -2.21. The van der Waals surface area contributed by atoms with Gasteiger partial charge < -0.3 is 9.47 Å². The Morgan fingerprint density at radius 2 is 2.06 bits per heavy atom. The number of ether oxygens (including phenoxy) is 2. The number of aromatic nitrogens is 2. The van der Waals surface area contributed by atoms with Crippen LogP contribution >= 0.6 is 0 Å². The van der Waals surface area contributed by atoms with Gasteiger partial charge in [0.05, 0.1) is 13.7 Å². The third-order valence-corrected chi connectivity index (χ3v) is 2.61. The molecule has 0 aliphatic carbocycles. The minimum absolute atomic E-state index is 0.0183. The van der Waals surface area contributed by atoms with Crippen LogP contribution in [0.5, 0.6) is 5.88 Å². The number of hydrogen-bond acceptors (Lipinski definition) is 5. The van der Waals surface area contributed by atoms with Crippen molar-refractivity contribution in [2.75, 3.05) is 13.7 Å². The third-order valence-electron chi connectivity index (χ3n) is 2.61. The second-order valence-electron chi connectivity index (χ2n) is 4.55. The van der Waals surface area contributed by atoms with Crippen LogP contribution in [0.2, 0.25) is 0 Å². The number of hydrogen-bond donors (Lipinski definition) is 0. The molecule has 0 N–H and O–H groups in total. The molecule has 17 heavy (non-hydrogen) atoms. The molecule has 1 aromatic rings. The van der Waals surface area contributed by atoms with Crippen molar-refractivity contribution in [3.8, 4) is 5.88 Å². The van der Waals surface area contributed by atoms with Gasteiger partial charge in [0, 0.05) is 6.07 Å². The van der Waals surface area contributed by atoms with Crippen LogP contribution in [0.4, 0.5) is 0 Å². The Bertz CT molecular complexity index is 374. The van der Waals surface area contributed by atoms with E-state index in [0.29, 0.717) is 12.5 Å². The molecule has 1 aromatic heterocycles. The summed E-state index contributed by atoms with van der Waals surface area (Å²) in [6, 6.07) is 3.11. The van der Waals surface area contributed by atoms with E-state index in [1.54, 1.807) is 6.07 Å². The molecule has 0 fully saturated rings. The molecule has 0 saturated heterocycles. The number of carbonyl (C=O) groups excluding carboxylic acids is 1. The van der Waals surface area contributed by atoms with Crippen molar-refractivity contribution in [2.45, 2.75) is 27.2 Å². The Kier molecular flexibility index (Phi) is 4.43. The van der Waals surface area contributed by atoms with Crippen LogP contribution in [0.1, 0.15) is 37.7 Å². The minimum atomic E-state index is -0.457. The van der Waals surface area contributed by atoms with Crippen LogP contribution in [-0.4, -0.2) is 29.9 Å². The van der Waals surface area contributed by atoms with Crippen molar-refractivity contribution in [1.82, 2.24) is 10.2 Å². The highest BCUT2D eigenvalue weighted by Crippen LogP contribution is 2.20. The molecule has 0 radical (unpaired) electrons. The predicted octanol–water partition coefficient (Wildman–Crippen LogP) is 2.08. The van der Waals surface area contributed by atoms with Gasteiger partial charge in [-0.2, -0.15) is 0 Å². The van der Waals surface area contributed by atoms with E-state index in [4.69, 9.17) is 9.47 Å². The average Bonchev–Trinajstić information content (AvgIpc) is 2.36. The topological polar surface area (TPSA) is 61.3 Å². The maximum absolute atomic E-state index is 11.6. The number of esters is 1. The molecule has 5 nitrogen and oxygen atoms in total. The smallest absolute Gasteiger partial charge is 0.358 e. The highest BCUT2D eigenvalue weighted by Gasteiger charge is 2.19. The first kappa shape index (κ1) is 13.4. The van der Waals surface area contributed by atoms with Crippen molar-refractivity contribution in [3.05, 3.63) is 17.8 Å². The fourth-order valence-electron chi connectivity index (χ4n) is 0.975. The molecule has 0 aliphatic heterocycles. The molecule has 0 spiro atoms. The minimum Gasteiger partial charge on any atom is -0.480 e. The average molecular weight is 238 g/mol. The van der Waals surface area contributed by atoms with Gasteiger partial charge in [0.15, 0.2) is 5.69 Å². The summed E-state index contributed by atoms with van der Waals surface area (Å²) in [4.78, 5) is 11.6. The number of methoxy groups -OCH3 is 1. The van der Waals surface area contributed by atoms with Crippen LogP contribution < -0.4 is 4.74 Å². The summed E-state index contributed by atoms with van der Waals surface area (Å²) in [5.74, 6) is -0.0860. The Labute approximate surface area is 101 Å². The number of carbonyl (C=O) groups is 1. The van der Waals surface area contributed by atoms with E-state index in [1.807, 2.05) is 13.8 Å². The van der Waals surface area contributed by atoms with Crippen LogP contribution in [0, 0.1) is 5.41 Å². The number of nitrogens with zero attached hydrogens (tertiary/aromatic N) is 2. The van der Waals surface area contributed by atoms with Crippen molar-refractivity contribution in [2.24, 2.45) is 5.41 Å². The van der Waals surface area contributed by atoms with Crippen molar-refractivity contribution in [3.63, 3.8) is 0 Å². The maximum Gasteiger partial charge on any atom is 0.358 e. The first-order valence-corrected chi connectivity index (χ1v) is 5.53. The second-order valence-corrected chi connectivity index (χ2v) is 4.55. The van der Waals surface area contributed by atoms with Gasteiger partial charge in [-0.25, -0.2) is 4.79 Å². The summed E-state index contributed by atoms with van der Waals surface area (Å²) in [6.45, 7) is 6.51. The molecular weight excluding hydrogens is 220 g/mol. The highest BCUT2D eigenvalue weighted by atomic mass is 16.5. The molecule has 94 valence electrons. The molecule has 0 amide bonds. The van der Waals surface area contributed by atoms with Crippen LogP contribution in [0.3, 0.4) is 0 Å². The first-order chi connectivity index (χ1) is 7.98. The Balaban J connectivity index is 2.58. The lowest BCUT2D eigenvalue weighted by atomic mass is 9.92. The van der Waals surface area contributed by atoms with E-state index in [2.05, 4.69) is 17.1 Å². The van der Waals surface area contributed by atoms with Crippen LogP contribution in [0.15, 0.2) is 12.1 Å². The second kappa shape index (κ2) is 5.61. The maximum atomic E-state index is 11.6. The molecule has 0 aromatic carbocycles. The largest absolute Gasteiger partial charge is 0.480 e. The summed E-state index contributed by atoms with van der Waals surface area (Å²) in [5.41, 5.74) is 0.174. The molecule has 0 atom stereocenters. The molecule has 1 heterocycles. The van der Waals surface area contributed by atoms with Gasteiger partial charge in [0.1, 0.15) is 0 Å². The first-order valence-electron chi connectivity index (χ1n) is 5.53. The lowest BCUT2D eigenvalue weighted by Crippen LogP contribution is -2.21. The van der Waals surface area contributed by atoms with E-state index in [-0.39, 0.29) is 11.1 Å². The van der Waals surface area contributed by atoms with E-state index in [9.17, 15) is 4.79 Å². The van der Waals surface area contributed by atoms with Crippen molar-refractivity contribution >= 4 is 5.97 Å². The fourth-order valence-corrected chi connectivity index (χ4v) is 0.975. The summed E-state index contributed by atoms with van der Waals surface area (Å²) in [7, 11) is 1.49. The van der Waals surface area contributed by atoms with Crippen LogP contribution in [-0.2, 0) is 4.74 Å². The summed E-state index contributed by atoms with van der Waals surface area (Å²) in [6.07, 6.45) is 0.939. The molecule has 0 aliphatic rings. The molecule has 0 saturated carbocycles. The zero-order valence-corrected chi connectivity index (χ0v) is 10.7. The summed E-state index contributed by atoms with van der Waals surface area (Å²) >= 11 is 0. The molecule has 0 bridgehead atoms. The van der Waals surface area contributed by atoms with Crippen LogP contribution in [0.25, 0.3) is 0 Å². The van der Waals surface area contributed by atoms with Gasteiger partial charge in [0.25, 0.3) is 0 Å². The standard InChI is InChI=1S/C12H18N2O3/c1-5-12(2,3)8-17-11(15)9-6-7-10(16-4)14-13-9/h6-7H,5,8H2,1-4H3. The lowest BCUT2D eigenvalue weighted by molar-refractivity contribution is 0.0327. The quantitative estimate of drug-likeness (QED) is 0.735. The normalized spacial score (nSPS) is 11.1. The zero-order chi connectivity index (χ0) is 12.9. The molecule has 0 unspecified atom stereocenters.